The van der Waals surface area contributed by atoms with Gasteiger partial charge in [-0.2, -0.15) is 0 Å². The highest BCUT2D eigenvalue weighted by Crippen LogP contribution is 2.24. The minimum Gasteiger partial charge on any atom is -0.493 e. The Morgan fingerprint density at radius 1 is 1.21 bits per heavy atom. The minimum absolute atomic E-state index is 0.561. The smallest absolute Gasteiger partial charge is 0.119 e. The molecule has 0 aromatic heterocycles. The van der Waals surface area contributed by atoms with Gasteiger partial charge in [0, 0.05) is 4.90 Å². The van der Waals surface area contributed by atoms with Gasteiger partial charge in [0.1, 0.15) is 5.75 Å². The van der Waals surface area contributed by atoms with E-state index >= 15 is 0 Å². The van der Waals surface area contributed by atoms with E-state index in [9.17, 15) is 0 Å². The van der Waals surface area contributed by atoms with Crippen LogP contribution in [0.15, 0.2) is 17.0 Å². The lowest BCUT2D eigenvalue weighted by molar-refractivity contribution is 0.270. The van der Waals surface area contributed by atoms with Crippen molar-refractivity contribution in [2.45, 2.75) is 32.6 Å². The number of thiol groups is 1. The van der Waals surface area contributed by atoms with Crippen molar-refractivity contribution in [1.29, 1.82) is 0 Å². The number of rotatable bonds is 3. The summed E-state index contributed by atoms with van der Waals surface area (Å²) in [5.74, 6) is 1.51. The van der Waals surface area contributed by atoms with Gasteiger partial charge in [-0.3, -0.25) is 0 Å². The van der Waals surface area contributed by atoms with Crippen LogP contribution in [-0.4, -0.2) is 6.61 Å². The van der Waals surface area contributed by atoms with E-state index in [-0.39, 0.29) is 0 Å². The lowest BCUT2D eigenvalue weighted by Crippen LogP contribution is -2.04. The third-order valence-corrected chi connectivity index (χ3v) is 2.75. The van der Waals surface area contributed by atoms with Crippen LogP contribution in [0, 0.1) is 19.8 Å². The fraction of sp³-hybridized carbons (Fsp3) is 0.500. The molecule has 0 N–H and O–H groups in total. The van der Waals surface area contributed by atoms with Crippen LogP contribution in [0.5, 0.6) is 5.75 Å². The van der Waals surface area contributed by atoms with Crippen molar-refractivity contribution in [3.05, 3.63) is 23.3 Å². The Balaban J connectivity index is 2.79. The summed E-state index contributed by atoms with van der Waals surface area (Å²) in [6.45, 7) is 9.17. The molecule has 0 aliphatic heterocycles. The predicted molar refractivity (Wildman–Crippen MR) is 63.5 cm³/mol. The van der Waals surface area contributed by atoms with Crippen molar-refractivity contribution in [1.82, 2.24) is 0 Å². The van der Waals surface area contributed by atoms with Gasteiger partial charge in [0.25, 0.3) is 0 Å². The van der Waals surface area contributed by atoms with E-state index < -0.39 is 0 Å². The molecule has 1 rings (SSSR count). The van der Waals surface area contributed by atoms with Crippen LogP contribution >= 0.6 is 12.6 Å². The van der Waals surface area contributed by atoms with E-state index in [4.69, 9.17) is 4.74 Å². The van der Waals surface area contributed by atoms with Gasteiger partial charge in [-0.15, -0.1) is 12.6 Å². The van der Waals surface area contributed by atoms with Crippen molar-refractivity contribution >= 4 is 12.6 Å². The number of ether oxygens (including phenoxy) is 1. The molecule has 0 saturated heterocycles. The fourth-order valence-corrected chi connectivity index (χ4v) is 1.39. The summed E-state index contributed by atoms with van der Waals surface area (Å²) in [6, 6.07) is 4.08. The summed E-state index contributed by atoms with van der Waals surface area (Å²) in [5.41, 5.74) is 2.35. The largest absolute Gasteiger partial charge is 0.493 e. The first-order valence-electron chi connectivity index (χ1n) is 4.93. The molecule has 0 saturated carbocycles. The SMILES string of the molecule is Cc1cc(OCC(C)C)cc(C)c1S. The number of hydrogen-bond acceptors (Lipinski definition) is 2. The maximum atomic E-state index is 5.65. The lowest BCUT2D eigenvalue weighted by atomic mass is 10.1. The molecule has 1 nitrogen and oxygen atoms in total. The quantitative estimate of drug-likeness (QED) is 0.750. The summed E-state index contributed by atoms with van der Waals surface area (Å²) in [6.07, 6.45) is 0. The Bertz CT molecular complexity index is 295. The zero-order valence-electron chi connectivity index (χ0n) is 9.29. The molecule has 14 heavy (non-hydrogen) atoms. The predicted octanol–water partition coefficient (Wildman–Crippen LogP) is 3.63. The average molecular weight is 210 g/mol. The van der Waals surface area contributed by atoms with Gasteiger partial charge < -0.3 is 4.74 Å². The van der Waals surface area contributed by atoms with E-state index in [1.54, 1.807) is 0 Å². The van der Waals surface area contributed by atoms with Gasteiger partial charge in [-0.05, 0) is 43.0 Å². The normalized spacial score (nSPS) is 10.7. The molecule has 0 fully saturated rings. The molecule has 0 unspecified atom stereocenters. The molecule has 0 atom stereocenters. The van der Waals surface area contributed by atoms with Gasteiger partial charge in [0.05, 0.1) is 6.61 Å². The van der Waals surface area contributed by atoms with Crippen LogP contribution in [0.4, 0.5) is 0 Å². The molecule has 1 aromatic carbocycles. The standard InChI is InChI=1S/C12H18OS/c1-8(2)7-13-11-5-9(3)12(14)10(4)6-11/h5-6,8,14H,7H2,1-4H3. The van der Waals surface area contributed by atoms with Gasteiger partial charge in [0.15, 0.2) is 0 Å². The van der Waals surface area contributed by atoms with Crippen LogP contribution in [-0.2, 0) is 0 Å². The minimum atomic E-state index is 0.561. The lowest BCUT2D eigenvalue weighted by Gasteiger charge is -2.11. The molecule has 0 aliphatic rings. The average Bonchev–Trinajstić information content (AvgIpc) is 2.10. The zero-order chi connectivity index (χ0) is 10.7. The second-order valence-corrected chi connectivity index (χ2v) is 4.56. The Hall–Kier alpha value is -0.630. The van der Waals surface area contributed by atoms with Crippen LogP contribution in [0.1, 0.15) is 25.0 Å². The molecule has 0 heterocycles. The highest BCUT2D eigenvalue weighted by molar-refractivity contribution is 7.80. The molecule has 0 amide bonds. The van der Waals surface area contributed by atoms with Crippen LogP contribution in [0.25, 0.3) is 0 Å². The Morgan fingerprint density at radius 2 is 1.71 bits per heavy atom. The monoisotopic (exact) mass is 210 g/mol. The second-order valence-electron chi connectivity index (χ2n) is 4.11. The van der Waals surface area contributed by atoms with Crippen molar-refractivity contribution in [3.63, 3.8) is 0 Å². The van der Waals surface area contributed by atoms with Crippen LogP contribution in [0.3, 0.4) is 0 Å². The molecule has 1 aromatic rings. The number of hydrogen-bond donors (Lipinski definition) is 1. The van der Waals surface area contributed by atoms with E-state index in [0.29, 0.717) is 5.92 Å². The molecule has 0 bridgehead atoms. The second kappa shape index (κ2) is 4.74. The van der Waals surface area contributed by atoms with E-state index in [1.165, 1.54) is 11.1 Å². The first-order valence-corrected chi connectivity index (χ1v) is 5.38. The van der Waals surface area contributed by atoms with Crippen molar-refractivity contribution in [2.75, 3.05) is 6.61 Å². The van der Waals surface area contributed by atoms with Gasteiger partial charge in [0.2, 0.25) is 0 Å². The first-order chi connectivity index (χ1) is 6.50. The van der Waals surface area contributed by atoms with Gasteiger partial charge in [-0.25, -0.2) is 0 Å². The van der Waals surface area contributed by atoms with Crippen molar-refractivity contribution in [2.24, 2.45) is 5.92 Å². The maximum Gasteiger partial charge on any atom is 0.119 e. The summed E-state index contributed by atoms with van der Waals surface area (Å²) < 4.78 is 5.65. The van der Waals surface area contributed by atoms with Gasteiger partial charge >= 0.3 is 0 Å². The highest BCUT2D eigenvalue weighted by atomic mass is 32.1. The fourth-order valence-electron chi connectivity index (χ4n) is 1.26. The van der Waals surface area contributed by atoms with Crippen LogP contribution in [0.2, 0.25) is 0 Å². The van der Waals surface area contributed by atoms with Crippen LogP contribution < -0.4 is 4.74 Å². The number of aryl methyl sites for hydroxylation is 2. The molecule has 0 radical (unpaired) electrons. The summed E-state index contributed by atoms with van der Waals surface area (Å²) >= 11 is 4.41. The molecule has 78 valence electrons. The molecule has 0 aliphatic carbocycles. The molecular formula is C12H18OS. The maximum absolute atomic E-state index is 5.65. The van der Waals surface area contributed by atoms with Crippen molar-refractivity contribution < 1.29 is 4.74 Å². The third kappa shape index (κ3) is 2.95. The van der Waals surface area contributed by atoms with E-state index in [2.05, 4.69) is 40.3 Å². The Kier molecular flexibility index (Phi) is 3.87. The summed E-state index contributed by atoms with van der Waals surface area (Å²) in [7, 11) is 0. The third-order valence-electron chi connectivity index (χ3n) is 2.05. The zero-order valence-corrected chi connectivity index (χ0v) is 10.2. The highest BCUT2D eigenvalue weighted by Gasteiger charge is 2.03. The molecule has 2 heteroatoms. The molecular weight excluding hydrogens is 192 g/mol. The Morgan fingerprint density at radius 3 is 2.14 bits per heavy atom. The first kappa shape index (κ1) is 11.4. The van der Waals surface area contributed by atoms with E-state index in [0.717, 1.165) is 17.3 Å². The summed E-state index contributed by atoms with van der Waals surface area (Å²) in [4.78, 5) is 1.06. The number of benzene rings is 1. The Labute approximate surface area is 91.9 Å². The van der Waals surface area contributed by atoms with E-state index in [1.807, 2.05) is 12.1 Å². The topological polar surface area (TPSA) is 9.23 Å². The molecule has 0 spiro atoms. The summed E-state index contributed by atoms with van der Waals surface area (Å²) in [5, 5.41) is 0. The van der Waals surface area contributed by atoms with Gasteiger partial charge in [-0.1, -0.05) is 13.8 Å². The van der Waals surface area contributed by atoms with Crippen molar-refractivity contribution in [3.8, 4) is 5.75 Å².